The molecule has 1 heterocycles. The maximum Gasteiger partial charge on any atom is 0.240 e. The van der Waals surface area contributed by atoms with Crippen LogP contribution in [0.1, 0.15) is 43.0 Å². The Hall–Kier alpha value is -1.50. The van der Waals surface area contributed by atoms with E-state index >= 15 is 0 Å². The summed E-state index contributed by atoms with van der Waals surface area (Å²) in [4.78, 5) is 6.59. The van der Waals surface area contributed by atoms with Crippen LogP contribution < -0.4 is 5.73 Å². The third-order valence-electron chi connectivity index (χ3n) is 4.15. The highest BCUT2D eigenvalue weighted by molar-refractivity contribution is 5.85. The predicted octanol–water partition coefficient (Wildman–Crippen LogP) is 3.03. The van der Waals surface area contributed by atoms with E-state index < -0.39 is 0 Å². The molecule has 2 aromatic rings. The van der Waals surface area contributed by atoms with E-state index in [9.17, 15) is 4.39 Å². The fourth-order valence-electron chi connectivity index (χ4n) is 3.07. The van der Waals surface area contributed by atoms with Gasteiger partial charge in [-0.2, -0.15) is 4.98 Å². The van der Waals surface area contributed by atoms with Crippen LogP contribution in [0.25, 0.3) is 0 Å². The highest BCUT2D eigenvalue weighted by Gasteiger charge is 2.24. The van der Waals surface area contributed by atoms with Crippen LogP contribution in [-0.2, 0) is 19.6 Å². The molecular weight excluding hydrogens is 319 g/mol. The van der Waals surface area contributed by atoms with E-state index in [0.717, 1.165) is 18.4 Å². The summed E-state index contributed by atoms with van der Waals surface area (Å²) in [6, 6.07) is 7.24. The van der Waals surface area contributed by atoms with Crippen LogP contribution in [0, 0.1) is 5.82 Å². The van der Waals surface area contributed by atoms with Gasteiger partial charge in [-0.05, 0) is 30.5 Å². The molecule has 1 fully saturated rings. The molecule has 126 valence electrons. The largest absolute Gasteiger partial charge is 0.338 e. The molecule has 7 heteroatoms. The van der Waals surface area contributed by atoms with Crippen LogP contribution in [0.5, 0.6) is 0 Å². The highest BCUT2D eigenvalue weighted by atomic mass is 35.5. The molecule has 1 aliphatic carbocycles. The van der Waals surface area contributed by atoms with Gasteiger partial charge in [-0.1, -0.05) is 30.1 Å². The van der Waals surface area contributed by atoms with E-state index in [4.69, 9.17) is 10.3 Å². The smallest absolute Gasteiger partial charge is 0.240 e. The minimum atomic E-state index is -0.200. The van der Waals surface area contributed by atoms with Crippen molar-refractivity contribution >= 4 is 12.4 Å². The van der Waals surface area contributed by atoms with Gasteiger partial charge in [0.05, 0.1) is 13.1 Å². The van der Waals surface area contributed by atoms with Gasteiger partial charge < -0.3 is 10.3 Å². The summed E-state index contributed by atoms with van der Waals surface area (Å²) < 4.78 is 18.5. The lowest BCUT2D eigenvalue weighted by Crippen LogP contribution is -2.32. The first kappa shape index (κ1) is 17.8. The first-order valence-electron chi connectivity index (χ1n) is 7.74. The second-order valence-electron chi connectivity index (χ2n) is 5.78. The lowest BCUT2D eigenvalue weighted by molar-refractivity contribution is 0.173. The quantitative estimate of drug-likeness (QED) is 0.875. The van der Waals surface area contributed by atoms with Gasteiger partial charge in [-0.15, -0.1) is 12.4 Å². The van der Waals surface area contributed by atoms with Crippen molar-refractivity contribution in [2.75, 3.05) is 0 Å². The van der Waals surface area contributed by atoms with Crippen molar-refractivity contribution in [3.63, 3.8) is 0 Å². The van der Waals surface area contributed by atoms with Crippen LogP contribution in [0.3, 0.4) is 0 Å². The lowest BCUT2D eigenvalue weighted by atomic mass is 10.1. The molecule has 0 saturated heterocycles. The molecule has 0 unspecified atom stereocenters. The van der Waals surface area contributed by atoms with Gasteiger partial charge in [0.25, 0.3) is 0 Å². The molecule has 0 amide bonds. The fraction of sp³-hybridized carbons (Fsp3) is 0.500. The monoisotopic (exact) mass is 340 g/mol. The van der Waals surface area contributed by atoms with Crippen LogP contribution in [0.15, 0.2) is 28.8 Å². The number of nitrogens with zero attached hydrogens (tertiary/aromatic N) is 3. The molecule has 5 nitrogen and oxygen atoms in total. The Morgan fingerprint density at radius 3 is 2.70 bits per heavy atom. The van der Waals surface area contributed by atoms with Gasteiger partial charge in [0, 0.05) is 12.6 Å². The summed E-state index contributed by atoms with van der Waals surface area (Å²) in [5.74, 6) is 0.893. The number of hydrogen-bond donors (Lipinski definition) is 1. The minimum absolute atomic E-state index is 0. The van der Waals surface area contributed by atoms with Gasteiger partial charge >= 0.3 is 0 Å². The number of benzene rings is 1. The Labute approximate surface area is 141 Å². The van der Waals surface area contributed by atoms with Crippen molar-refractivity contribution in [2.45, 2.75) is 51.4 Å². The van der Waals surface area contributed by atoms with Crippen molar-refractivity contribution in [3.8, 4) is 0 Å². The Balaban J connectivity index is 0.00000192. The summed E-state index contributed by atoms with van der Waals surface area (Å²) in [5.41, 5.74) is 6.47. The summed E-state index contributed by atoms with van der Waals surface area (Å²) in [5, 5.41) is 3.98. The number of rotatable bonds is 6. The van der Waals surface area contributed by atoms with Gasteiger partial charge in [-0.25, -0.2) is 4.39 Å². The SMILES string of the molecule is Cl.NCc1nc(CN(Cc2cccc(F)c2)C2CCCC2)no1. The Morgan fingerprint density at radius 1 is 1.26 bits per heavy atom. The van der Waals surface area contributed by atoms with Gasteiger partial charge in [0.15, 0.2) is 5.82 Å². The number of aromatic nitrogens is 2. The van der Waals surface area contributed by atoms with Crippen LogP contribution >= 0.6 is 12.4 Å². The standard InChI is InChI=1S/C16H21FN4O.ClH/c17-13-5-3-4-12(8-13)10-21(14-6-1-2-7-14)11-15-19-16(9-18)22-20-15;/h3-5,8,14H,1-2,6-7,9-11,18H2;1H. The molecule has 0 radical (unpaired) electrons. The average Bonchev–Trinajstić information content (AvgIpc) is 3.18. The molecular formula is C16H22ClFN4O. The molecule has 3 rings (SSSR count). The average molecular weight is 341 g/mol. The Morgan fingerprint density at radius 2 is 2.04 bits per heavy atom. The number of halogens is 2. The fourth-order valence-corrected chi connectivity index (χ4v) is 3.07. The zero-order valence-electron chi connectivity index (χ0n) is 12.9. The number of hydrogen-bond acceptors (Lipinski definition) is 5. The zero-order valence-corrected chi connectivity index (χ0v) is 13.8. The van der Waals surface area contributed by atoms with E-state index in [1.54, 1.807) is 12.1 Å². The maximum atomic E-state index is 13.4. The predicted molar refractivity (Wildman–Crippen MR) is 87.3 cm³/mol. The molecule has 0 aliphatic heterocycles. The first-order chi connectivity index (χ1) is 10.7. The molecule has 1 aromatic carbocycles. The molecule has 1 aromatic heterocycles. The summed E-state index contributed by atoms with van der Waals surface area (Å²) in [6.07, 6.45) is 4.81. The van der Waals surface area contributed by atoms with Crippen molar-refractivity contribution in [3.05, 3.63) is 47.4 Å². The van der Waals surface area contributed by atoms with Crippen molar-refractivity contribution in [1.82, 2.24) is 15.0 Å². The second kappa shape index (κ2) is 8.38. The van der Waals surface area contributed by atoms with E-state index in [1.165, 1.54) is 18.9 Å². The third-order valence-corrected chi connectivity index (χ3v) is 4.15. The van der Waals surface area contributed by atoms with Crippen LogP contribution in [0.2, 0.25) is 0 Å². The maximum absolute atomic E-state index is 13.4. The van der Waals surface area contributed by atoms with Gasteiger partial charge in [-0.3, -0.25) is 4.90 Å². The minimum Gasteiger partial charge on any atom is -0.338 e. The third kappa shape index (κ3) is 4.73. The lowest BCUT2D eigenvalue weighted by Gasteiger charge is -2.27. The van der Waals surface area contributed by atoms with E-state index in [2.05, 4.69) is 15.0 Å². The first-order valence-corrected chi connectivity index (χ1v) is 7.74. The van der Waals surface area contributed by atoms with E-state index in [-0.39, 0.29) is 24.8 Å². The van der Waals surface area contributed by atoms with E-state index in [0.29, 0.717) is 30.8 Å². The van der Waals surface area contributed by atoms with Crippen molar-refractivity contribution in [1.29, 1.82) is 0 Å². The summed E-state index contributed by atoms with van der Waals surface area (Å²) in [7, 11) is 0. The molecule has 0 bridgehead atoms. The molecule has 1 aliphatic rings. The number of nitrogens with two attached hydrogens (primary N) is 1. The topological polar surface area (TPSA) is 68.2 Å². The van der Waals surface area contributed by atoms with Gasteiger partial charge in [0.2, 0.25) is 5.89 Å². The zero-order chi connectivity index (χ0) is 15.4. The summed E-state index contributed by atoms with van der Waals surface area (Å²) in [6.45, 7) is 1.54. The van der Waals surface area contributed by atoms with Crippen LogP contribution in [-0.4, -0.2) is 21.1 Å². The molecule has 23 heavy (non-hydrogen) atoms. The van der Waals surface area contributed by atoms with Crippen molar-refractivity contribution < 1.29 is 8.91 Å². The molecule has 0 spiro atoms. The summed E-state index contributed by atoms with van der Waals surface area (Å²) >= 11 is 0. The normalized spacial score (nSPS) is 15.1. The molecule has 1 saturated carbocycles. The molecule has 2 N–H and O–H groups in total. The Kier molecular flexibility index (Phi) is 6.50. The Bertz CT molecular complexity index is 616. The highest BCUT2D eigenvalue weighted by Crippen LogP contribution is 2.26. The van der Waals surface area contributed by atoms with Crippen molar-refractivity contribution in [2.24, 2.45) is 5.73 Å². The van der Waals surface area contributed by atoms with Gasteiger partial charge in [0.1, 0.15) is 5.82 Å². The van der Waals surface area contributed by atoms with Crippen LogP contribution in [0.4, 0.5) is 4.39 Å². The molecule has 0 atom stereocenters. The van der Waals surface area contributed by atoms with E-state index in [1.807, 2.05) is 6.07 Å². The second-order valence-corrected chi connectivity index (χ2v) is 5.78.